The van der Waals surface area contributed by atoms with Crippen LogP contribution < -0.4 is 15.5 Å². The molecule has 1 unspecified atom stereocenters. The fourth-order valence-electron chi connectivity index (χ4n) is 2.62. The van der Waals surface area contributed by atoms with E-state index in [0.717, 1.165) is 45.4 Å². The fraction of sp³-hybridized carbons (Fsp3) is 0.562. The Balaban J connectivity index is 0.00000220. The molecule has 0 spiro atoms. The Morgan fingerprint density at radius 1 is 1.38 bits per heavy atom. The molecule has 2 rings (SSSR count). The molecule has 118 valence electrons. The number of nitrogens with zero attached hydrogens (tertiary/aromatic N) is 1. The van der Waals surface area contributed by atoms with Crippen LogP contribution in [0.25, 0.3) is 0 Å². The summed E-state index contributed by atoms with van der Waals surface area (Å²) in [4.78, 5) is 14.2. The van der Waals surface area contributed by atoms with Gasteiger partial charge in [-0.2, -0.15) is 0 Å². The van der Waals surface area contributed by atoms with Crippen LogP contribution in [0.15, 0.2) is 30.3 Å². The lowest BCUT2D eigenvalue weighted by molar-refractivity contribution is -0.122. The number of para-hydroxylation sites is 1. The molecule has 1 atom stereocenters. The molecule has 1 aromatic rings. The van der Waals surface area contributed by atoms with Gasteiger partial charge < -0.3 is 15.5 Å². The Morgan fingerprint density at radius 3 is 2.76 bits per heavy atom. The maximum atomic E-state index is 11.8. The van der Waals surface area contributed by atoms with Crippen LogP contribution in [0.4, 0.5) is 5.69 Å². The van der Waals surface area contributed by atoms with Crippen LogP contribution in [0.3, 0.4) is 0 Å². The van der Waals surface area contributed by atoms with Crippen LogP contribution in [-0.2, 0) is 4.79 Å². The van der Waals surface area contributed by atoms with Gasteiger partial charge in [0.05, 0.1) is 6.04 Å². The van der Waals surface area contributed by atoms with Crippen molar-refractivity contribution in [2.75, 3.05) is 31.1 Å². The van der Waals surface area contributed by atoms with E-state index in [9.17, 15) is 4.79 Å². The number of benzene rings is 1. The van der Waals surface area contributed by atoms with Gasteiger partial charge in [-0.3, -0.25) is 4.79 Å². The molecule has 1 saturated heterocycles. The summed E-state index contributed by atoms with van der Waals surface area (Å²) in [7, 11) is 0. The number of hydrogen-bond acceptors (Lipinski definition) is 3. The molecule has 2 N–H and O–H groups in total. The highest BCUT2D eigenvalue weighted by Crippen LogP contribution is 2.12. The van der Waals surface area contributed by atoms with Crippen LogP contribution in [0.1, 0.15) is 26.2 Å². The van der Waals surface area contributed by atoms with Crippen molar-refractivity contribution in [1.82, 2.24) is 10.6 Å². The zero-order valence-corrected chi connectivity index (χ0v) is 13.5. The third-order valence-electron chi connectivity index (χ3n) is 3.78. The van der Waals surface area contributed by atoms with Gasteiger partial charge in [-0.15, -0.1) is 12.4 Å². The molecular weight excluding hydrogens is 286 g/mol. The first-order valence-electron chi connectivity index (χ1n) is 7.62. The van der Waals surface area contributed by atoms with E-state index in [2.05, 4.69) is 46.7 Å². The first kappa shape index (κ1) is 17.8. The lowest BCUT2D eigenvalue weighted by Gasteiger charge is -2.23. The van der Waals surface area contributed by atoms with Crippen molar-refractivity contribution in [1.29, 1.82) is 0 Å². The van der Waals surface area contributed by atoms with Crippen molar-refractivity contribution < 1.29 is 4.79 Å². The molecule has 1 amide bonds. The molecule has 1 aliphatic rings. The number of carbonyl (C=O) groups is 1. The number of rotatable bonds is 7. The summed E-state index contributed by atoms with van der Waals surface area (Å²) < 4.78 is 0. The van der Waals surface area contributed by atoms with Crippen molar-refractivity contribution in [2.24, 2.45) is 0 Å². The fourth-order valence-corrected chi connectivity index (χ4v) is 2.62. The summed E-state index contributed by atoms with van der Waals surface area (Å²) in [5.41, 5.74) is 1.25. The normalized spacial score (nSPS) is 17.1. The summed E-state index contributed by atoms with van der Waals surface area (Å²) in [5.74, 6) is 0.158. The van der Waals surface area contributed by atoms with E-state index in [0.29, 0.717) is 0 Å². The van der Waals surface area contributed by atoms with Gasteiger partial charge in [0.15, 0.2) is 0 Å². The Bertz CT molecular complexity index is 407. The van der Waals surface area contributed by atoms with Crippen LogP contribution >= 0.6 is 12.4 Å². The SMILES string of the molecule is CCN(CCCNC(=O)C1CCCN1)c1ccccc1.Cl. The van der Waals surface area contributed by atoms with E-state index in [4.69, 9.17) is 0 Å². The lowest BCUT2D eigenvalue weighted by Crippen LogP contribution is -2.41. The quantitative estimate of drug-likeness (QED) is 0.759. The van der Waals surface area contributed by atoms with Gasteiger partial charge in [0, 0.05) is 25.3 Å². The summed E-state index contributed by atoms with van der Waals surface area (Å²) >= 11 is 0. The molecule has 0 aliphatic carbocycles. The maximum absolute atomic E-state index is 11.8. The van der Waals surface area contributed by atoms with E-state index < -0.39 is 0 Å². The van der Waals surface area contributed by atoms with Gasteiger partial charge in [0.25, 0.3) is 0 Å². The average Bonchev–Trinajstić information content (AvgIpc) is 3.02. The van der Waals surface area contributed by atoms with E-state index in [-0.39, 0.29) is 24.4 Å². The Kier molecular flexibility index (Phi) is 8.16. The monoisotopic (exact) mass is 311 g/mol. The number of hydrogen-bond donors (Lipinski definition) is 2. The Labute approximate surface area is 133 Å². The second kappa shape index (κ2) is 9.64. The first-order chi connectivity index (χ1) is 9.81. The van der Waals surface area contributed by atoms with Gasteiger partial charge >= 0.3 is 0 Å². The van der Waals surface area contributed by atoms with E-state index in [1.165, 1.54) is 5.69 Å². The van der Waals surface area contributed by atoms with Gasteiger partial charge in [-0.1, -0.05) is 18.2 Å². The zero-order chi connectivity index (χ0) is 14.2. The summed E-state index contributed by atoms with van der Waals surface area (Å²) in [6.45, 7) is 5.84. The van der Waals surface area contributed by atoms with Crippen LogP contribution in [0, 0.1) is 0 Å². The highest BCUT2D eigenvalue weighted by molar-refractivity contribution is 5.85. The molecule has 21 heavy (non-hydrogen) atoms. The molecule has 1 aliphatic heterocycles. The molecule has 0 saturated carbocycles. The maximum Gasteiger partial charge on any atom is 0.237 e. The standard InChI is InChI=1S/C16H25N3O.ClH/c1-2-19(14-8-4-3-5-9-14)13-7-12-18-16(20)15-10-6-11-17-15;/h3-5,8-9,15,17H,2,6-7,10-13H2,1H3,(H,18,20);1H. The van der Waals surface area contributed by atoms with Gasteiger partial charge in [-0.05, 0) is 44.9 Å². The van der Waals surface area contributed by atoms with Crippen LogP contribution in [0.5, 0.6) is 0 Å². The molecule has 0 radical (unpaired) electrons. The Hall–Kier alpha value is -1.26. The van der Waals surface area contributed by atoms with Crippen molar-refractivity contribution in [3.63, 3.8) is 0 Å². The minimum absolute atomic E-state index is 0. The first-order valence-corrected chi connectivity index (χ1v) is 7.62. The summed E-state index contributed by atoms with van der Waals surface area (Å²) in [6, 6.07) is 10.4. The largest absolute Gasteiger partial charge is 0.372 e. The van der Waals surface area contributed by atoms with Gasteiger partial charge in [0.1, 0.15) is 0 Å². The molecule has 4 nitrogen and oxygen atoms in total. The number of anilines is 1. The summed E-state index contributed by atoms with van der Waals surface area (Å²) in [5, 5.41) is 6.25. The number of nitrogens with one attached hydrogen (secondary N) is 2. The number of amides is 1. The average molecular weight is 312 g/mol. The number of halogens is 1. The third kappa shape index (κ3) is 5.56. The predicted molar refractivity (Wildman–Crippen MR) is 90.2 cm³/mol. The molecule has 0 bridgehead atoms. The molecule has 5 heteroatoms. The van der Waals surface area contributed by atoms with Crippen LogP contribution in [0.2, 0.25) is 0 Å². The second-order valence-corrected chi connectivity index (χ2v) is 5.21. The number of carbonyl (C=O) groups excluding carboxylic acids is 1. The second-order valence-electron chi connectivity index (χ2n) is 5.21. The Morgan fingerprint density at radius 2 is 2.14 bits per heavy atom. The van der Waals surface area contributed by atoms with Crippen molar-refractivity contribution in [3.05, 3.63) is 30.3 Å². The smallest absolute Gasteiger partial charge is 0.237 e. The molecule has 1 heterocycles. The minimum atomic E-state index is 0. The topological polar surface area (TPSA) is 44.4 Å². The van der Waals surface area contributed by atoms with E-state index in [1.54, 1.807) is 0 Å². The van der Waals surface area contributed by atoms with Crippen molar-refractivity contribution in [3.8, 4) is 0 Å². The summed E-state index contributed by atoms with van der Waals surface area (Å²) in [6.07, 6.45) is 3.05. The molecular formula is C16H26ClN3O. The van der Waals surface area contributed by atoms with Gasteiger partial charge in [-0.25, -0.2) is 0 Å². The third-order valence-corrected chi connectivity index (χ3v) is 3.78. The van der Waals surface area contributed by atoms with Crippen molar-refractivity contribution >= 4 is 24.0 Å². The van der Waals surface area contributed by atoms with Crippen LogP contribution in [-0.4, -0.2) is 38.1 Å². The highest BCUT2D eigenvalue weighted by Gasteiger charge is 2.21. The molecule has 1 aromatic carbocycles. The predicted octanol–water partition coefficient (Wildman–Crippen LogP) is 2.19. The van der Waals surface area contributed by atoms with E-state index >= 15 is 0 Å². The molecule has 1 fully saturated rings. The van der Waals surface area contributed by atoms with Crippen molar-refractivity contribution in [2.45, 2.75) is 32.2 Å². The highest BCUT2D eigenvalue weighted by atomic mass is 35.5. The minimum Gasteiger partial charge on any atom is -0.372 e. The zero-order valence-electron chi connectivity index (χ0n) is 12.7. The molecule has 0 aromatic heterocycles. The van der Waals surface area contributed by atoms with E-state index in [1.807, 2.05) is 6.07 Å². The van der Waals surface area contributed by atoms with Gasteiger partial charge in [0.2, 0.25) is 5.91 Å². The lowest BCUT2D eigenvalue weighted by atomic mass is 10.2.